The molecule has 1 aromatic carbocycles. The third-order valence-corrected chi connectivity index (χ3v) is 3.60. The van der Waals surface area contributed by atoms with Crippen LogP contribution in [0.1, 0.15) is 17.2 Å². The molecule has 3 aromatic rings. The lowest BCUT2D eigenvalue weighted by atomic mass is 10.1. The molecule has 20 heavy (non-hydrogen) atoms. The summed E-state index contributed by atoms with van der Waals surface area (Å²) in [7, 11) is 0. The number of nitrogen functional groups attached to an aromatic ring is 1. The first-order chi connectivity index (χ1) is 9.76. The molecule has 0 bridgehead atoms. The van der Waals surface area contributed by atoms with Crippen LogP contribution in [0.5, 0.6) is 0 Å². The van der Waals surface area contributed by atoms with Crippen LogP contribution in [0.15, 0.2) is 30.3 Å². The third kappa shape index (κ3) is 2.65. The number of hydrogen-bond donors (Lipinski definition) is 2. The van der Waals surface area contributed by atoms with E-state index in [1.165, 1.54) is 5.56 Å². The number of fused-ring (bicyclic) bond motifs is 1. The van der Waals surface area contributed by atoms with Gasteiger partial charge in [0.1, 0.15) is 17.2 Å². The molecule has 2 heterocycles. The lowest BCUT2D eigenvalue weighted by molar-refractivity contribution is 0.870. The highest BCUT2D eigenvalue weighted by Gasteiger charge is 2.10. The summed E-state index contributed by atoms with van der Waals surface area (Å²) in [5, 5.41) is 0.641. The van der Waals surface area contributed by atoms with Crippen molar-refractivity contribution in [3.8, 4) is 0 Å². The smallest absolute Gasteiger partial charge is 0.163 e. The topological polar surface area (TPSA) is 80.5 Å². The molecule has 0 atom stereocenters. The van der Waals surface area contributed by atoms with Gasteiger partial charge in [-0.15, -0.1) is 0 Å². The van der Waals surface area contributed by atoms with Crippen molar-refractivity contribution in [2.75, 3.05) is 5.73 Å². The fourth-order valence-corrected chi connectivity index (χ4v) is 2.36. The molecule has 0 aliphatic rings. The summed E-state index contributed by atoms with van der Waals surface area (Å²) < 4.78 is 0. The summed E-state index contributed by atoms with van der Waals surface area (Å²) in [5.74, 6) is 1.98. The SMILES string of the molecule is Nc1nc(CCc2ccccc2)nc2[nH]c(CBr)nc12. The van der Waals surface area contributed by atoms with Crippen LogP contribution in [0.25, 0.3) is 11.2 Å². The van der Waals surface area contributed by atoms with Crippen LogP contribution in [0.2, 0.25) is 0 Å². The van der Waals surface area contributed by atoms with E-state index in [1.807, 2.05) is 18.2 Å². The maximum Gasteiger partial charge on any atom is 0.163 e. The minimum absolute atomic E-state index is 0.432. The quantitative estimate of drug-likeness (QED) is 0.720. The number of nitrogens with one attached hydrogen (secondary N) is 1. The Bertz CT molecular complexity index is 723. The number of rotatable bonds is 4. The molecule has 0 aliphatic carbocycles. The van der Waals surface area contributed by atoms with Crippen LogP contribution in [-0.4, -0.2) is 19.9 Å². The Morgan fingerprint density at radius 2 is 1.85 bits per heavy atom. The van der Waals surface area contributed by atoms with Crippen LogP contribution in [-0.2, 0) is 18.2 Å². The van der Waals surface area contributed by atoms with Gasteiger partial charge in [-0.3, -0.25) is 0 Å². The van der Waals surface area contributed by atoms with E-state index in [4.69, 9.17) is 5.73 Å². The zero-order valence-corrected chi connectivity index (χ0v) is 12.4. The van der Waals surface area contributed by atoms with Crippen molar-refractivity contribution in [2.45, 2.75) is 18.2 Å². The Balaban J connectivity index is 1.85. The highest BCUT2D eigenvalue weighted by atomic mass is 79.9. The van der Waals surface area contributed by atoms with Crippen molar-refractivity contribution in [2.24, 2.45) is 0 Å². The van der Waals surface area contributed by atoms with E-state index in [1.54, 1.807) is 0 Å². The van der Waals surface area contributed by atoms with E-state index >= 15 is 0 Å². The maximum absolute atomic E-state index is 5.95. The Morgan fingerprint density at radius 3 is 2.60 bits per heavy atom. The molecular weight excluding hydrogens is 318 g/mol. The number of nitrogens with zero attached hydrogens (tertiary/aromatic N) is 3. The van der Waals surface area contributed by atoms with Crippen molar-refractivity contribution < 1.29 is 0 Å². The lowest BCUT2D eigenvalue weighted by Crippen LogP contribution is -2.02. The summed E-state index contributed by atoms with van der Waals surface area (Å²) in [6.07, 6.45) is 1.65. The molecule has 3 N–H and O–H groups in total. The summed E-state index contributed by atoms with van der Waals surface area (Å²) >= 11 is 3.36. The molecule has 5 nitrogen and oxygen atoms in total. The largest absolute Gasteiger partial charge is 0.382 e. The average molecular weight is 332 g/mol. The Morgan fingerprint density at radius 1 is 1.05 bits per heavy atom. The minimum atomic E-state index is 0.432. The third-order valence-electron chi connectivity index (χ3n) is 3.07. The normalized spacial score (nSPS) is 11.1. The molecule has 0 aliphatic heterocycles. The number of hydrogen-bond acceptors (Lipinski definition) is 4. The molecule has 0 radical (unpaired) electrons. The predicted molar refractivity (Wildman–Crippen MR) is 82.6 cm³/mol. The first kappa shape index (κ1) is 13.1. The monoisotopic (exact) mass is 331 g/mol. The molecule has 0 spiro atoms. The second-order valence-electron chi connectivity index (χ2n) is 4.53. The standard InChI is InChI=1S/C14H14BrN5/c15-8-11-17-12-13(16)18-10(19-14(12)20-11)7-6-9-4-2-1-3-5-9/h1-5H,6-8H2,(H3,16,17,18,19,20). The number of halogens is 1. The van der Waals surface area contributed by atoms with Gasteiger partial charge in [-0.05, 0) is 12.0 Å². The van der Waals surface area contributed by atoms with E-state index in [0.29, 0.717) is 22.3 Å². The molecule has 3 rings (SSSR count). The van der Waals surface area contributed by atoms with Gasteiger partial charge in [-0.1, -0.05) is 46.3 Å². The van der Waals surface area contributed by atoms with Crippen LogP contribution < -0.4 is 5.73 Å². The summed E-state index contributed by atoms with van der Waals surface area (Å²) in [6.45, 7) is 0. The number of H-pyrrole nitrogens is 1. The van der Waals surface area contributed by atoms with Crippen molar-refractivity contribution in [3.05, 3.63) is 47.5 Å². The van der Waals surface area contributed by atoms with Gasteiger partial charge >= 0.3 is 0 Å². The van der Waals surface area contributed by atoms with Crippen molar-refractivity contribution in [1.29, 1.82) is 0 Å². The fraction of sp³-hybridized carbons (Fsp3) is 0.214. The molecule has 0 fully saturated rings. The minimum Gasteiger partial charge on any atom is -0.382 e. The fourth-order valence-electron chi connectivity index (χ4n) is 2.09. The second-order valence-corrected chi connectivity index (χ2v) is 5.09. The van der Waals surface area contributed by atoms with Crippen LogP contribution in [0.3, 0.4) is 0 Å². The van der Waals surface area contributed by atoms with E-state index in [-0.39, 0.29) is 0 Å². The molecule has 0 amide bonds. The second kappa shape index (κ2) is 5.58. The van der Waals surface area contributed by atoms with E-state index in [2.05, 4.69) is 48.0 Å². The molecule has 0 saturated heterocycles. The van der Waals surface area contributed by atoms with E-state index in [0.717, 1.165) is 24.5 Å². The molecule has 0 unspecified atom stereocenters. The number of aromatic amines is 1. The first-order valence-electron chi connectivity index (χ1n) is 6.37. The number of anilines is 1. The molecule has 102 valence electrons. The van der Waals surface area contributed by atoms with Gasteiger partial charge in [0, 0.05) is 6.42 Å². The molecule has 2 aromatic heterocycles. The summed E-state index contributed by atoms with van der Waals surface area (Å²) in [6, 6.07) is 10.3. The van der Waals surface area contributed by atoms with E-state index < -0.39 is 0 Å². The van der Waals surface area contributed by atoms with Crippen LogP contribution in [0.4, 0.5) is 5.82 Å². The zero-order valence-electron chi connectivity index (χ0n) is 10.8. The number of aryl methyl sites for hydroxylation is 2. The van der Waals surface area contributed by atoms with Crippen LogP contribution >= 0.6 is 15.9 Å². The van der Waals surface area contributed by atoms with Gasteiger partial charge in [0.05, 0.1) is 5.33 Å². The van der Waals surface area contributed by atoms with Gasteiger partial charge in [0.15, 0.2) is 11.5 Å². The lowest BCUT2D eigenvalue weighted by Gasteiger charge is -2.02. The summed E-state index contributed by atoms with van der Waals surface area (Å²) in [5.41, 5.74) is 8.55. The van der Waals surface area contributed by atoms with Gasteiger partial charge in [0.25, 0.3) is 0 Å². The van der Waals surface area contributed by atoms with Crippen molar-refractivity contribution in [1.82, 2.24) is 19.9 Å². The van der Waals surface area contributed by atoms with Gasteiger partial charge in [-0.25, -0.2) is 15.0 Å². The molecule has 6 heteroatoms. The van der Waals surface area contributed by atoms with Gasteiger partial charge in [0.2, 0.25) is 0 Å². The molecular formula is C14H14BrN5. The number of alkyl halides is 1. The number of benzene rings is 1. The molecule has 0 saturated carbocycles. The van der Waals surface area contributed by atoms with Crippen molar-refractivity contribution in [3.63, 3.8) is 0 Å². The number of aromatic nitrogens is 4. The van der Waals surface area contributed by atoms with Gasteiger partial charge in [-0.2, -0.15) is 0 Å². The predicted octanol–water partition coefficient (Wildman–Crippen LogP) is 2.62. The Kier molecular flexibility index (Phi) is 3.64. The van der Waals surface area contributed by atoms with Crippen LogP contribution in [0, 0.1) is 0 Å². The Hall–Kier alpha value is -1.95. The maximum atomic E-state index is 5.95. The van der Waals surface area contributed by atoms with Crippen molar-refractivity contribution >= 4 is 32.9 Å². The Labute approximate surface area is 124 Å². The zero-order chi connectivity index (χ0) is 13.9. The van der Waals surface area contributed by atoms with E-state index in [9.17, 15) is 0 Å². The number of imidazole rings is 1. The highest BCUT2D eigenvalue weighted by Crippen LogP contribution is 2.17. The summed E-state index contributed by atoms with van der Waals surface area (Å²) in [4.78, 5) is 16.3. The first-order valence-corrected chi connectivity index (χ1v) is 7.49. The highest BCUT2D eigenvalue weighted by molar-refractivity contribution is 9.08. The number of nitrogens with two attached hydrogens (primary N) is 1. The van der Waals surface area contributed by atoms with Gasteiger partial charge < -0.3 is 10.7 Å². The average Bonchev–Trinajstić information content (AvgIpc) is 2.90.